The highest BCUT2D eigenvalue weighted by molar-refractivity contribution is 7.99. The van der Waals surface area contributed by atoms with E-state index in [2.05, 4.69) is 15.1 Å². The summed E-state index contributed by atoms with van der Waals surface area (Å²) >= 11 is 1.46. The van der Waals surface area contributed by atoms with E-state index in [1.807, 2.05) is 61.5 Å². The van der Waals surface area contributed by atoms with Crippen molar-refractivity contribution in [2.24, 2.45) is 0 Å². The van der Waals surface area contributed by atoms with Crippen molar-refractivity contribution in [3.63, 3.8) is 0 Å². The molecule has 2 heterocycles. The van der Waals surface area contributed by atoms with Crippen LogP contribution in [0.5, 0.6) is 0 Å². The highest BCUT2D eigenvalue weighted by atomic mass is 32.2. The Hall–Kier alpha value is -2.60. The molecule has 4 rings (SSSR count). The van der Waals surface area contributed by atoms with Crippen LogP contribution in [0.2, 0.25) is 0 Å². The molecule has 4 aromatic rings. The number of aromatic nitrogens is 3. The van der Waals surface area contributed by atoms with Crippen LogP contribution in [0.25, 0.3) is 22.5 Å². The molecule has 0 saturated heterocycles. The first-order valence-electron chi connectivity index (χ1n) is 7.21. The minimum atomic E-state index is -0.0481. The summed E-state index contributed by atoms with van der Waals surface area (Å²) in [6.45, 7) is 1.99. The van der Waals surface area contributed by atoms with Crippen LogP contribution < -0.4 is 0 Å². The molecular weight excluding hydrogens is 310 g/mol. The summed E-state index contributed by atoms with van der Waals surface area (Å²) in [6.07, 6.45) is 0. The topological polar surface area (TPSA) is 65.0 Å². The van der Waals surface area contributed by atoms with Gasteiger partial charge in [0.1, 0.15) is 5.52 Å². The first kappa shape index (κ1) is 14.0. The lowest BCUT2D eigenvalue weighted by atomic mass is 10.2. The zero-order valence-corrected chi connectivity index (χ0v) is 13.2. The molecule has 5 nitrogen and oxygen atoms in total. The van der Waals surface area contributed by atoms with E-state index in [4.69, 9.17) is 8.94 Å². The number of benzene rings is 2. The minimum Gasteiger partial charge on any atom is -0.431 e. The summed E-state index contributed by atoms with van der Waals surface area (Å²) in [6, 6.07) is 17.4. The Bertz CT molecular complexity index is 900. The molecule has 1 atom stereocenters. The highest BCUT2D eigenvalue weighted by Crippen LogP contribution is 2.35. The summed E-state index contributed by atoms with van der Waals surface area (Å²) in [4.78, 5) is 8.91. The lowest BCUT2D eigenvalue weighted by Gasteiger charge is -2.01. The normalized spacial score (nSPS) is 12.6. The number of fused-ring (bicyclic) bond motifs is 1. The van der Waals surface area contributed by atoms with Gasteiger partial charge < -0.3 is 8.94 Å². The van der Waals surface area contributed by atoms with Crippen LogP contribution >= 0.6 is 11.8 Å². The second kappa shape index (κ2) is 5.89. The quantitative estimate of drug-likeness (QED) is 0.506. The van der Waals surface area contributed by atoms with Gasteiger partial charge in [-0.2, -0.15) is 4.98 Å². The molecule has 114 valence electrons. The molecule has 0 N–H and O–H groups in total. The van der Waals surface area contributed by atoms with Crippen molar-refractivity contribution < 1.29 is 8.94 Å². The van der Waals surface area contributed by atoms with E-state index in [1.54, 1.807) is 0 Å². The maximum Gasteiger partial charge on any atom is 0.257 e. The molecule has 0 saturated carbocycles. The van der Waals surface area contributed by atoms with Gasteiger partial charge >= 0.3 is 0 Å². The van der Waals surface area contributed by atoms with Gasteiger partial charge in [-0.15, -0.1) is 0 Å². The number of hydrogen-bond donors (Lipinski definition) is 0. The van der Waals surface area contributed by atoms with Gasteiger partial charge in [-0.25, -0.2) is 4.98 Å². The molecule has 0 radical (unpaired) electrons. The lowest BCUT2D eigenvalue weighted by Crippen LogP contribution is -1.89. The van der Waals surface area contributed by atoms with E-state index < -0.39 is 0 Å². The molecule has 0 aliphatic heterocycles. The predicted molar refractivity (Wildman–Crippen MR) is 88.0 cm³/mol. The van der Waals surface area contributed by atoms with Gasteiger partial charge in [-0.05, 0) is 19.1 Å². The van der Waals surface area contributed by atoms with Gasteiger partial charge in [0.25, 0.3) is 5.22 Å². The third kappa shape index (κ3) is 2.85. The van der Waals surface area contributed by atoms with Gasteiger partial charge in [0, 0.05) is 5.56 Å². The summed E-state index contributed by atoms with van der Waals surface area (Å²) in [5.74, 6) is 1.14. The van der Waals surface area contributed by atoms with Crippen LogP contribution in [-0.4, -0.2) is 15.1 Å². The van der Waals surface area contributed by atoms with Crippen molar-refractivity contribution in [1.82, 2.24) is 15.1 Å². The number of rotatable bonds is 4. The third-order valence-corrected chi connectivity index (χ3v) is 4.30. The molecule has 2 aromatic heterocycles. The Morgan fingerprint density at radius 1 is 0.957 bits per heavy atom. The molecule has 1 unspecified atom stereocenters. The summed E-state index contributed by atoms with van der Waals surface area (Å²) in [5.41, 5.74) is 2.55. The first-order chi connectivity index (χ1) is 11.3. The van der Waals surface area contributed by atoms with Crippen LogP contribution in [0.1, 0.15) is 18.1 Å². The number of hydrogen-bond acceptors (Lipinski definition) is 6. The number of nitrogens with zero attached hydrogens (tertiary/aromatic N) is 3. The van der Waals surface area contributed by atoms with Crippen molar-refractivity contribution >= 4 is 22.9 Å². The lowest BCUT2D eigenvalue weighted by molar-refractivity contribution is 0.380. The zero-order valence-electron chi connectivity index (χ0n) is 12.3. The molecule has 0 bridgehead atoms. The maximum atomic E-state index is 5.71. The van der Waals surface area contributed by atoms with Gasteiger partial charge in [0.05, 0.1) is 5.25 Å². The predicted octanol–water partition coefficient (Wildman–Crippen LogP) is 4.73. The smallest absolute Gasteiger partial charge is 0.257 e. The Labute approximate surface area is 136 Å². The molecule has 2 aromatic carbocycles. The fraction of sp³-hybridized carbons (Fsp3) is 0.118. The van der Waals surface area contributed by atoms with Crippen molar-refractivity contribution in [3.8, 4) is 11.4 Å². The molecule has 0 spiro atoms. The van der Waals surface area contributed by atoms with Crippen LogP contribution in [-0.2, 0) is 0 Å². The molecule has 6 heteroatoms. The highest BCUT2D eigenvalue weighted by Gasteiger charge is 2.19. The Morgan fingerprint density at radius 2 is 1.74 bits per heavy atom. The number of oxazole rings is 1. The minimum absolute atomic E-state index is 0.0481. The van der Waals surface area contributed by atoms with Crippen molar-refractivity contribution in [2.75, 3.05) is 0 Å². The van der Waals surface area contributed by atoms with E-state index in [-0.39, 0.29) is 5.25 Å². The average Bonchev–Trinajstić information content (AvgIpc) is 3.22. The van der Waals surface area contributed by atoms with E-state index in [0.29, 0.717) is 16.9 Å². The molecule has 0 fully saturated rings. The standard InChI is InChI=1S/C17H13N3O2S/c1-11(23-17-18-13-9-5-6-10-14(13)21-17)16-19-15(20-22-16)12-7-3-2-4-8-12/h2-11H,1H3. The van der Waals surface area contributed by atoms with Crippen LogP contribution in [0.3, 0.4) is 0 Å². The molecule has 0 aliphatic rings. The molecular formula is C17H13N3O2S. The fourth-order valence-electron chi connectivity index (χ4n) is 2.21. The van der Waals surface area contributed by atoms with Crippen LogP contribution in [0.4, 0.5) is 0 Å². The van der Waals surface area contributed by atoms with E-state index in [1.165, 1.54) is 11.8 Å². The van der Waals surface area contributed by atoms with E-state index in [0.717, 1.165) is 16.7 Å². The Morgan fingerprint density at radius 3 is 2.57 bits per heavy atom. The second-order valence-electron chi connectivity index (χ2n) is 5.03. The number of para-hydroxylation sites is 2. The summed E-state index contributed by atoms with van der Waals surface area (Å²) in [5, 5.41) is 4.59. The maximum absolute atomic E-state index is 5.71. The fourth-order valence-corrected chi connectivity index (χ4v) is 3.00. The Balaban J connectivity index is 1.55. The Kier molecular flexibility index (Phi) is 3.59. The van der Waals surface area contributed by atoms with Crippen molar-refractivity contribution in [2.45, 2.75) is 17.4 Å². The third-order valence-electron chi connectivity index (χ3n) is 3.37. The van der Waals surface area contributed by atoms with Crippen molar-refractivity contribution in [1.29, 1.82) is 0 Å². The monoisotopic (exact) mass is 323 g/mol. The van der Waals surface area contributed by atoms with Gasteiger partial charge in [0.15, 0.2) is 5.58 Å². The average molecular weight is 323 g/mol. The summed E-state index contributed by atoms with van der Waals surface area (Å²) < 4.78 is 11.1. The largest absolute Gasteiger partial charge is 0.431 e. The first-order valence-corrected chi connectivity index (χ1v) is 8.09. The van der Waals surface area contributed by atoms with Gasteiger partial charge in [-0.1, -0.05) is 59.4 Å². The van der Waals surface area contributed by atoms with E-state index >= 15 is 0 Å². The van der Waals surface area contributed by atoms with Gasteiger partial charge in [-0.3, -0.25) is 0 Å². The van der Waals surface area contributed by atoms with Gasteiger partial charge in [0.2, 0.25) is 11.7 Å². The van der Waals surface area contributed by atoms with Crippen LogP contribution in [0.15, 0.2) is 68.8 Å². The van der Waals surface area contributed by atoms with Crippen molar-refractivity contribution in [3.05, 3.63) is 60.5 Å². The zero-order chi connectivity index (χ0) is 15.6. The molecule has 0 aliphatic carbocycles. The molecule has 23 heavy (non-hydrogen) atoms. The number of thioether (sulfide) groups is 1. The van der Waals surface area contributed by atoms with Crippen LogP contribution in [0, 0.1) is 0 Å². The molecule has 0 amide bonds. The second-order valence-corrected chi connectivity index (χ2v) is 6.32. The SMILES string of the molecule is CC(Sc1nc2ccccc2o1)c1nc(-c2ccccc2)no1. The van der Waals surface area contributed by atoms with E-state index in [9.17, 15) is 0 Å². The summed E-state index contributed by atoms with van der Waals surface area (Å²) in [7, 11) is 0.